The summed E-state index contributed by atoms with van der Waals surface area (Å²) in [5.41, 5.74) is -0.0916. The fraction of sp³-hybridized carbons (Fsp3) is 0.154. The summed E-state index contributed by atoms with van der Waals surface area (Å²) < 4.78 is 50.6. The largest absolute Gasteiger partial charge is 0.494 e. The molecule has 1 amide bonds. The molecule has 2 heterocycles. The molecule has 0 atom stereocenters. The average Bonchev–Trinajstić information content (AvgIpc) is 3.41. The van der Waals surface area contributed by atoms with E-state index in [1.165, 1.54) is 23.1 Å². The number of thioether (sulfide) groups is 1. The van der Waals surface area contributed by atoms with Crippen LogP contribution in [0.15, 0.2) is 81.6 Å². The molecular formula is C26H20ClF3N2O3S. The fourth-order valence-corrected chi connectivity index (χ4v) is 4.57. The molecule has 3 aromatic rings. The maximum atomic E-state index is 13.1. The van der Waals surface area contributed by atoms with Gasteiger partial charge in [-0.1, -0.05) is 17.7 Å². The van der Waals surface area contributed by atoms with Gasteiger partial charge in [0.25, 0.3) is 5.91 Å². The molecular weight excluding hydrogens is 513 g/mol. The lowest BCUT2D eigenvalue weighted by Crippen LogP contribution is -2.29. The van der Waals surface area contributed by atoms with Crippen LogP contribution in [0.4, 0.5) is 18.9 Å². The van der Waals surface area contributed by atoms with Gasteiger partial charge in [-0.25, -0.2) is 4.99 Å². The van der Waals surface area contributed by atoms with Crippen molar-refractivity contribution in [2.24, 2.45) is 4.99 Å². The Morgan fingerprint density at radius 2 is 1.92 bits per heavy atom. The van der Waals surface area contributed by atoms with Crippen molar-refractivity contribution in [3.05, 3.63) is 88.5 Å². The van der Waals surface area contributed by atoms with Crippen LogP contribution in [-0.4, -0.2) is 29.1 Å². The number of rotatable bonds is 7. The van der Waals surface area contributed by atoms with E-state index in [2.05, 4.69) is 11.6 Å². The number of carbonyl (C=O) groups is 1. The summed E-state index contributed by atoms with van der Waals surface area (Å²) in [5, 5.41) is 0.577. The van der Waals surface area contributed by atoms with Crippen molar-refractivity contribution in [1.82, 2.24) is 4.90 Å². The molecule has 4 rings (SSSR count). The van der Waals surface area contributed by atoms with Crippen molar-refractivity contribution in [2.75, 3.05) is 13.2 Å². The van der Waals surface area contributed by atoms with Crippen LogP contribution in [0.25, 0.3) is 17.4 Å². The van der Waals surface area contributed by atoms with Crippen molar-refractivity contribution < 1.29 is 27.1 Å². The van der Waals surface area contributed by atoms with Crippen molar-refractivity contribution in [2.45, 2.75) is 13.1 Å². The third-order valence-corrected chi connectivity index (χ3v) is 6.37. The molecule has 0 saturated carbocycles. The number of hydrogen-bond acceptors (Lipinski definition) is 5. The number of furan rings is 1. The molecule has 0 radical (unpaired) electrons. The van der Waals surface area contributed by atoms with E-state index in [4.69, 9.17) is 20.8 Å². The predicted octanol–water partition coefficient (Wildman–Crippen LogP) is 7.81. The first kappa shape index (κ1) is 25.7. The van der Waals surface area contributed by atoms with E-state index in [0.717, 1.165) is 29.6 Å². The highest BCUT2D eigenvalue weighted by Gasteiger charge is 2.33. The van der Waals surface area contributed by atoms with E-state index in [-0.39, 0.29) is 34.6 Å². The van der Waals surface area contributed by atoms with Crippen LogP contribution in [-0.2, 0) is 11.0 Å². The highest BCUT2D eigenvalue weighted by Crippen LogP contribution is 2.38. The van der Waals surface area contributed by atoms with Crippen LogP contribution >= 0.6 is 23.4 Å². The zero-order valence-corrected chi connectivity index (χ0v) is 20.6. The number of ether oxygens (including phenoxy) is 1. The molecule has 1 aliphatic rings. The summed E-state index contributed by atoms with van der Waals surface area (Å²) >= 11 is 7.28. The molecule has 0 spiro atoms. The molecule has 10 heteroatoms. The Balaban J connectivity index is 1.62. The summed E-state index contributed by atoms with van der Waals surface area (Å²) in [6, 6.07) is 13.2. The van der Waals surface area contributed by atoms with Gasteiger partial charge in [0.15, 0.2) is 5.17 Å². The number of alkyl halides is 3. The molecule has 1 aliphatic heterocycles. The topological polar surface area (TPSA) is 55.0 Å². The molecule has 0 aliphatic carbocycles. The quantitative estimate of drug-likeness (QED) is 0.230. The summed E-state index contributed by atoms with van der Waals surface area (Å²) in [7, 11) is 0. The summed E-state index contributed by atoms with van der Waals surface area (Å²) in [5.74, 6) is 0.865. The number of hydrogen-bond donors (Lipinski definition) is 0. The molecule has 0 bridgehead atoms. The summed E-state index contributed by atoms with van der Waals surface area (Å²) in [4.78, 5) is 19.4. The average molecular weight is 533 g/mol. The molecule has 186 valence electrons. The van der Waals surface area contributed by atoms with Gasteiger partial charge in [-0.15, -0.1) is 6.58 Å². The minimum Gasteiger partial charge on any atom is -0.494 e. The lowest BCUT2D eigenvalue weighted by atomic mass is 10.1. The monoisotopic (exact) mass is 532 g/mol. The minimum atomic E-state index is -4.52. The Morgan fingerprint density at radius 3 is 2.58 bits per heavy atom. The van der Waals surface area contributed by atoms with E-state index in [9.17, 15) is 18.0 Å². The van der Waals surface area contributed by atoms with E-state index < -0.39 is 11.7 Å². The van der Waals surface area contributed by atoms with E-state index in [1.807, 2.05) is 6.92 Å². The first-order valence-corrected chi connectivity index (χ1v) is 12.0. The third-order valence-electron chi connectivity index (χ3n) is 5.03. The maximum Gasteiger partial charge on any atom is 0.416 e. The van der Waals surface area contributed by atoms with Crippen LogP contribution in [0.3, 0.4) is 0 Å². The SMILES string of the molecule is C=CCN1C(=O)/C(=C/c2ccc(-c3cc(C(F)(F)F)ccc3Cl)o2)SC1=Nc1ccc(OCC)cc1. The van der Waals surface area contributed by atoms with Crippen LogP contribution in [0, 0.1) is 0 Å². The lowest BCUT2D eigenvalue weighted by Gasteiger charge is -2.12. The number of aliphatic imine (C=N–C) groups is 1. The molecule has 2 aromatic carbocycles. The van der Waals surface area contributed by atoms with Crippen LogP contribution in [0.2, 0.25) is 5.02 Å². The minimum absolute atomic E-state index is 0.104. The van der Waals surface area contributed by atoms with Gasteiger partial charge in [0, 0.05) is 18.2 Å². The van der Waals surface area contributed by atoms with Crippen LogP contribution in [0.5, 0.6) is 5.75 Å². The molecule has 5 nitrogen and oxygen atoms in total. The van der Waals surface area contributed by atoms with E-state index in [0.29, 0.717) is 22.4 Å². The molecule has 0 unspecified atom stereocenters. The number of carbonyl (C=O) groups excluding carboxylic acids is 1. The van der Waals surface area contributed by atoms with Gasteiger partial charge in [-0.3, -0.25) is 9.69 Å². The first-order chi connectivity index (χ1) is 17.2. The van der Waals surface area contributed by atoms with Gasteiger partial charge in [-0.05, 0) is 73.3 Å². The highest BCUT2D eigenvalue weighted by molar-refractivity contribution is 8.18. The Hall–Kier alpha value is -3.43. The summed E-state index contributed by atoms with van der Waals surface area (Å²) in [6.45, 7) is 6.40. The number of benzene rings is 2. The van der Waals surface area contributed by atoms with Gasteiger partial charge < -0.3 is 9.15 Å². The Labute approximate surface area is 214 Å². The van der Waals surface area contributed by atoms with Crippen molar-refractivity contribution in [3.63, 3.8) is 0 Å². The van der Waals surface area contributed by atoms with E-state index in [1.54, 1.807) is 36.4 Å². The van der Waals surface area contributed by atoms with Crippen LogP contribution < -0.4 is 4.74 Å². The number of amidine groups is 1. The van der Waals surface area contributed by atoms with Crippen molar-refractivity contribution >= 4 is 46.2 Å². The lowest BCUT2D eigenvalue weighted by molar-refractivity contribution is -0.137. The zero-order chi connectivity index (χ0) is 25.9. The van der Waals surface area contributed by atoms with Crippen LogP contribution in [0.1, 0.15) is 18.2 Å². The fourth-order valence-electron chi connectivity index (χ4n) is 3.37. The van der Waals surface area contributed by atoms with Crippen molar-refractivity contribution in [3.8, 4) is 17.1 Å². The van der Waals surface area contributed by atoms with Crippen molar-refractivity contribution in [1.29, 1.82) is 0 Å². The molecule has 1 fully saturated rings. The van der Waals surface area contributed by atoms with Gasteiger partial charge in [-0.2, -0.15) is 13.2 Å². The second-order valence-corrected chi connectivity index (χ2v) is 8.95. The maximum absolute atomic E-state index is 13.1. The molecule has 0 N–H and O–H groups in total. The highest BCUT2D eigenvalue weighted by atomic mass is 35.5. The number of nitrogens with zero attached hydrogens (tertiary/aromatic N) is 2. The smallest absolute Gasteiger partial charge is 0.416 e. The van der Waals surface area contributed by atoms with Gasteiger partial charge in [0.05, 0.1) is 27.8 Å². The third kappa shape index (κ3) is 5.68. The summed E-state index contributed by atoms with van der Waals surface area (Å²) in [6.07, 6.45) is -1.40. The Kier molecular flexibility index (Phi) is 7.61. The zero-order valence-electron chi connectivity index (χ0n) is 19.0. The molecule has 1 saturated heterocycles. The molecule has 1 aromatic heterocycles. The first-order valence-electron chi connectivity index (χ1n) is 10.8. The molecule has 36 heavy (non-hydrogen) atoms. The predicted molar refractivity (Wildman–Crippen MR) is 136 cm³/mol. The van der Waals surface area contributed by atoms with E-state index >= 15 is 0 Å². The standard InChI is InChI=1S/C26H20ClF3N2O3S/c1-3-13-32-24(33)23(36-25(32)31-17-6-8-18(9-7-17)34-4-2)15-19-10-12-22(35-19)20-14-16(26(28,29)30)5-11-21(20)27/h3,5-12,14-15H,1,4,13H2,2H3/b23-15-,31-25?. The number of amides is 1. The normalized spacial score (nSPS) is 16.2. The van der Waals surface area contributed by atoms with Gasteiger partial charge in [0.1, 0.15) is 17.3 Å². The Morgan fingerprint density at radius 1 is 1.17 bits per heavy atom. The van der Waals surface area contributed by atoms with Gasteiger partial charge in [0.2, 0.25) is 0 Å². The van der Waals surface area contributed by atoms with Gasteiger partial charge >= 0.3 is 6.18 Å². The second-order valence-electron chi connectivity index (χ2n) is 7.53. The number of halogens is 4. The second kappa shape index (κ2) is 10.7. The Bertz CT molecular complexity index is 1350.